The lowest BCUT2D eigenvalue weighted by atomic mass is 10.0. The van der Waals surface area contributed by atoms with E-state index in [2.05, 4.69) is 12.1 Å². The molecular weight excluding hydrogens is 369 g/mol. The quantitative estimate of drug-likeness (QED) is 0.349. The van der Waals surface area contributed by atoms with Gasteiger partial charge < -0.3 is 9.30 Å². The van der Waals surface area contributed by atoms with Crippen molar-refractivity contribution in [2.75, 3.05) is 0 Å². The molecule has 1 heterocycles. The molecule has 1 aromatic heterocycles. The molecule has 0 aliphatic heterocycles. The van der Waals surface area contributed by atoms with Crippen LogP contribution >= 0.6 is 12.2 Å². The Labute approximate surface area is 168 Å². The lowest BCUT2D eigenvalue weighted by Crippen LogP contribution is -1.95. The van der Waals surface area contributed by atoms with Gasteiger partial charge in [-0.1, -0.05) is 54.7 Å². The van der Waals surface area contributed by atoms with Crippen molar-refractivity contribution in [3.8, 4) is 33.8 Å². The van der Waals surface area contributed by atoms with Crippen molar-refractivity contribution in [1.29, 1.82) is 0 Å². The molecule has 28 heavy (non-hydrogen) atoms. The molecule has 0 spiro atoms. The Bertz CT molecular complexity index is 1170. The van der Waals surface area contributed by atoms with Crippen LogP contribution in [0.4, 0.5) is 4.39 Å². The summed E-state index contributed by atoms with van der Waals surface area (Å²) in [5.41, 5.74) is 4.03. The zero-order chi connectivity index (χ0) is 19.5. The Hall–Kier alpha value is -3.24. The monoisotopic (exact) mass is 387 g/mol. The SMILES string of the molecule is Cn1cc(-c2ccccc2)c(=S)c(-c2cccc(Oc3ccc(F)cc3)c2)c1. The van der Waals surface area contributed by atoms with Gasteiger partial charge in [0.2, 0.25) is 0 Å². The third-order valence-electron chi connectivity index (χ3n) is 4.43. The van der Waals surface area contributed by atoms with Gasteiger partial charge >= 0.3 is 0 Å². The molecule has 0 fully saturated rings. The molecule has 0 amide bonds. The van der Waals surface area contributed by atoms with Crippen molar-refractivity contribution in [3.05, 3.63) is 102 Å². The predicted octanol–water partition coefficient (Wildman–Crippen LogP) is 7.02. The number of benzene rings is 3. The largest absolute Gasteiger partial charge is 0.457 e. The van der Waals surface area contributed by atoms with E-state index in [-0.39, 0.29) is 5.82 Å². The van der Waals surface area contributed by atoms with Crippen molar-refractivity contribution < 1.29 is 9.13 Å². The number of halogens is 1. The van der Waals surface area contributed by atoms with E-state index in [9.17, 15) is 4.39 Å². The Morgan fingerprint density at radius 1 is 0.750 bits per heavy atom. The Morgan fingerprint density at radius 3 is 2.11 bits per heavy atom. The smallest absolute Gasteiger partial charge is 0.128 e. The van der Waals surface area contributed by atoms with Crippen molar-refractivity contribution in [2.45, 2.75) is 0 Å². The van der Waals surface area contributed by atoms with E-state index in [4.69, 9.17) is 17.0 Å². The van der Waals surface area contributed by atoms with Crippen molar-refractivity contribution in [1.82, 2.24) is 4.57 Å². The third kappa shape index (κ3) is 3.87. The number of nitrogens with zero attached hydrogens (tertiary/aromatic N) is 1. The van der Waals surface area contributed by atoms with Gasteiger partial charge in [0.15, 0.2) is 0 Å². The van der Waals surface area contributed by atoms with Crippen LogP contribution in [0.15, 0.2) is 91.3 Å². The van der Waals surface area contributed by atoms with Gasteiger partial charge in [-0.25, -0.2) is 4.39 Å². The Kier molecular flexibility index (Phi) is 5.04. The van der Waals surface area contributed by atoms with Crippen LogP contribution in [0.5, 0.6) is 11.5 Å². The van der Waals surface area contributed by atoms with Gasteiger partial charge in [0.25, 0.3) is 0 Å². The molecule has 4 heteroatoms. The van der Waals surface area contributed by atoms with Gasteiger partial charge in [-0.15, -0.1) is 0 Å². The molecule has 0 N–H and O–H groups in total. The van der Waals surface area contributed by atoms with Crippen molar-refractivity contribution in [2.24, 2.45) is 7.05 Å². The molecule has 4 rings (SSSR count). The molecule has 0 aliphatic rings. The summed E-state index contributed by atoms with van der Waals surface area (Å²) in [6.45, 7) is 0. The first-order chi connectivity index (χ1) is 13.6. The second-order valence-electron chi connectivity index (χ2n) is 6.53. The fourth-order valence-electron chi connectivity index (χ4n) is 3.10. The standard InChI is InChI=1S/C24H18FNOS/c1-26-15-22(17-6-3-2-4-7-17)24(28)23(16-26)18-8-5-9-21(14-18)27-20-12-10-19(25)11-13-20/h2-16H,1H3. The van der Waals surface area contributed by atoms with Gasteiger partial charge in [0, 0.05) is 30.6 Å². The topological polar surface area (TPSA) is 14.2 Å². The first-order valence-electron chi connectivity index (χ1n) is 8.90. The van der Waals surface area contributed by atoms with Gasteiger partial charge in [-0.3, -0.25) is 0 Å². The minimum Gasteiger partial charge on any atom is -0.457 e. The lowest BCUT2D eigenvalue weighted by molar-refractivity contribution is 0.481. The van der Waals surface area contributed by atoms with Gasteiger partial charge in [0.1, 0.15) is 17.3 Å². The average molecular weight is 387 g/mol. The highest BCUT2D eigenvalue weighted by atomic mass is 32.1. The number of aryl methyl sites for hydroxylation is 1. The highest BCUT2D eigenvalue weighted by molar-refractivity contribution is 7.71. The zero-order valence-corrected chi connectivity index (χ0v) is 16.1. The molecular formula is C24H18FNOS. The fraction of sp³-hybridized carbons (Fsp3) is 0.0417. The Balaban J connectivity index is 1.74. The molecule has 0 radical (unpaired) electrons. The van der Waals surface area contributed by atoms with Crippen LogP contribution < -0.4 is 4.74 Å². The molecule has 0 unspecified atom stereocenters. The van der Waals surface area contributed by atoms with Gasteiger partial charge in [-0.05, 0) is 47.5 Å². The van der Waals surface area contributed by atoms with Crippen LogP contribution in [0, 0.1) is 10.3 Å². The van der Waals surface area contributed by atoms with Crippen molar-refractivity contribution >= 4 is 12.2 Å². The van der Waals surface area contributed by atoms with E-state index in [0.29, 0.717) is 11.5 Å². The minimum absolute atomic E-state index is 0.290. The molecule has 4 aromatic rings. The Morgan fingerprint density at radius 2 is 1.39 bits per heavy atom. The van der Waals surface area contributed by atoms with Crippen LogP contribution in [0.2, 0.25) is 0 Å². The fourth-order valence-corrected chi connectivity index (χ4v) is 3.44. The number of hydrogen-bond acceptors (Lipinski definition) is 2. The maximum Gasteiger partial charge on any atom is 0.128 e. The van der Waals surface area contributed by atoms with E-state index < -0.39 is 0 Å². The summed E-state index contributed by atoms with van der Waals surface area (Å²) >= 11 is 5.81. The number of pyridine rings is 1. The summed E-state index contributed by atoms with van der Waals surface area (Å²) in [4.78, 5) is 0. The maximum absolute atomic E-state index is 13.1. The summed E-state index contributed by atoms with van der Waals surface area (Å²) in [6, 6.07) is 23.9. The highest BCUT2D eigenvalue weighted by Gasteiger charge is 2.09. The highest BCUT2D eigenvalue weighted by Crippen LogP contribution is 2.31. The maximum atomic E-state index is 13.1. The molecule has 138 valence electrons. The molecule has 0 atom stereocenters. The summed E-state index contributed by atoms with van der Waals surface area (Å²) in [5, 5.41) is 0. The van der Waals surface area contributed by atoms with Gasteiger partial charge in [-0.2, -0.15) is 0 Å². The number of rotatable bonds is 4. The average Bonchev–Trinajstić information content (AvgIpc) is 2.72. The molecule has 0 bridgehead atoms. The van der Waals surface area contributed by atoms with Crippen LogP contribution in [0.25, 0.3) is 22.3 Å². The summed E-state index contributed by atoms with van der Waals surface area (Å²) in [6.07, 6.45) is 4.06. The van der Waals surface area contributed by atoms with Crippen molar-refractivity contribution in [3.63, 3.8) is 0 Å². The third-order valence-corrected chi connectivity index (χ3v) is 4.87. The predicted molar refractivity (Wildman–Crippen MR) is 114 cm³/mol. The first kappa shape index (κ1) is 18.1. The van der Waals surface area contributed by atoms with E-state index in [1.54, 1.807) is 12.1 Å². The van der Waals surface area contributed by atoms with Crippen LogP contribution in [0.3, 0.4) is 0 Å². The summed E-state index contributed by atoms with van der Waals surface area (Å²) in [7, 11) is 1.99. The zero-order valence-electron chi connectivity index (χ0n) is 15.3. The second-order valence-corrected chi connectivity index (χ2v) is 6.94. The van der Waals surface area contributed by atoms with E-state index >= 15 is 0 Å². The molecule has 3 aromatic carbocycles. The summed E-state index contributed by atoms with van der Waals surface area (Å²) < 4.78 is 21.8. The van der Waals surface area contributed by atoms with Crippen LogP contribution in [-0.2, 0) is 7.05 Å². The lowest BCUT2D eigenvalue weighted by Gasteiger charge is -2.12. The molecule has 0 saturated heterocycles. The van der Waals surface area contributed by atoms with Gasteiger partial charge in [0.05, 0.1) is 4.51 Å². The number of ether oxygens (including phenoxy) is 1. The minimum atomic E-state index is -0.290. The van der Waals surface area contributed by atoms with E-state index in [1.165, 1.54) is 12.1 Å². The normalized spacial score (nSPS) is 10.6. The first-order valence-corrected chi connectivity index (χ1v) is 9.30. The van der Waals surface area contributed by atoms with E-state index in [1.807, 2.05) is 66.5 Å². The summed E-state index contributed by atoms with van der Waals surface area (Å²) in [5.74, 6) is 0.967. The van der Waals surface area contributed by atoms with Crippen LogP contribution in [-0.4, -0.2) is 4.57 Å². The number of hydrogen-bond donors (Lipinski definition) is 0. The molecule has 0 saturated carbocycles. The van der Waals surface area contributed by atoms with Crippen LogP contribution in [0.1, 0.15) is 0 Å². The second kappa shape index (κ2) is 7.79. The molecule has 2 nitrogen and oxygen atoms in total. The van der Waals surface area contributed by atoms with E-state index in [0.717, 1.165) is 26.8 Å². The molecule has 0 aliphatic carbocycles. The number of aromatic nitrogens is 1.